The summed E-state index contributed by atoms with van der Waals surface area (Å²) in [6.07, 6.45) is 2.21. The molecule has 0 saturated carbocycles. The van der Waals surface area contributed by atoms with E-state index in [0.29, 0.717) is 13.6 Å². The first kappa shape index (κ1) is 33.7. The number of benzene rings is 4. The van der Waals surface area contributed by atoms with E-state index in [-0.39, 0.29) is 7.43 Å². The van der Waals surface area contributed by atoms with Gasteiger partial charge in [0.1, 0.15) is 13.6 Å². The van der Waals surface area contributed by atoms with Crippen molar-refractivity contribution in [2.75, 3.05) is 40.0 Å². The summed E-state index contributed by atoms with van der Waals surface area (Å²) in [5.41, 5.74) is 5.41. The summed E-state index contributed by atoms with van der Waals surface area (Å²) in [7, 11) is 0. The molecule has 0 radical (unpaired) electrons. The Labute approximate surface area is 236 Å². The molecule has 2 aliphatic rings. The van der Waals surface area contributed by atoms with Crippen molar-refractivity contribution in [2.24, 2.45) is 0 Å². The van der Waals surface area contributed by atoms with Crippen molar-refractivity contribution >= 4 is 0 Å². The molecule has 0 unspecified atom stereocenters. The number of rotatable bonds is 3. The van der Waals surface area contributed by atoms with Gasteiger partial charge in [0.15, 0.2) is 0 Å². The summed E-state index contributed by atoms with van der Waals surface area (Å²) in [6, 6.07) is 41.7. The van der Waals surface area contributed by atoms with Gasteiger partial charge >= 0.3 is 0 Å². The first-order chi connectivity index (χ1) is 18.8. The van der Waals surface area contributed by atoms with E-state index in [9.17, 15) is 0 Å². The molecule has 0 bridgehead atoms. The Morgan fingerprint density at radius 2 is 0.641 bits per heavy atom. The Morgan fingerprint density at radius 3 is 0.795 bits per heavy atom. The first-order valence-corrected chi connectivity index (χ1v) is 13.3. The average molecular weight is 531 g/mol. The quantitative estimate of drug-likeness (QED) is 0.266. The van der Waals surface area contributed by atoms with Crippen LogP contribution < -0.4 is 0 Å². The van der Waals surface area contributed by atoms with Crippen LogP contribution in [0.5, 0.6) is 0 Å². The van der Waals surface area contributed by atoms with Crippen molar-refractivity contribution in [1.82, 2.24) is 0 Å². The molecule has 4 nitrogen and oxygen atoms in total. The van der Waals surface area contributed by atoms with Crippen molar-refractivity contribution in [3.8, 4) is 11.1 Å². The maximum atomic E-state index is 4.72. The molecular weight excluding hydrogens is 484 g/mol. The highest BCUT2D eigenvalue weighted by Crippen LogP contribution is 2.20. The lowest BCUT2D eigenvalue weighted by atomic mass is 10.0. The van der Waals surface area contributed by atoms with Crippen molar-refractivity contribution < 1.29 is 18.9 Å². The van der Waals surface area contributed by atoms with Crippen molar-refractivity contribution in [3.63, 3.8) is 0 Å². The second kappa shape index (κ2) is 23.8. The smallest absolute Gasteiger partial charge is 0.146 e. The SMILES string of the molecule is C.C1COCO1.C1COCO1.CCc1ccc(-c2ccc(CC)cc2)cc1.c1ccccc1.c1ccccc1. The molecule has 4 heteroatoms. The van der Waals surface area contributed by atoms with Crippen LogP contribution in [0.3, 0.4) is 0 Å². The Morgan fingerprint density at radius 1 is 0.410 bits per heavy atom. The van der Waals surface area contributed by atoms with E-state index >= 15 is 0 Å². The zero-order valence-electron chi connectivity index (χ0n) is 22.8. The van der Waals surface area contributed by atoms with Crippen LogP contribution in [0.15, 0.2) is 121 Å². The topological polar surface area (TPSA) is 36.9 Å². The first-order valence-electron chi connectivity index (χ1n) is 13.3. The second-order valence-electron chi connectivity index (χ2n) is 8.28. The zero-order chi connectivity index (χ0) is 26.9. The van der Waals surface area contributed by atoms with Crippen LogP contribution in [-0.2, 0) is 31.8 Å². The molecule has 2 heterocycles. The Hall–Kier alpha value is -3.28. The fourth-order valence-corrected chi connectivity index (χ4v) is 3.22. The van der Waals surface area contributed by atoms with Crippen LogP contribution in [-0.4, -0.2) is 40.0 Å². The summed E-state index contributed by atoms with van der Waals surface area (Å²) in [5.74, 6) is 0. The predicted molar refractivity (Wildman–Crippen MR) is 164 cm³/mol. The van der Waals surface area contributed by atoms with Gasteiger partial charge in [-0.05, 0) is 35.1 Å². The van der Waals surface area contributed by atoms with Crippen molar-refractivity contribution in [1.29, 1.82) is 0 Å². The van der Waals surface area contributed by atoms with Gasteiger partial charge in [0.2, 0.25) is 0 Å². The van der Waals surface area contributed by atoms with E-state index in [0.717, 1.165) is 39.3 Å². The van der Waals surface area contributed by atoms with Gasteiger partial charge in [0.05, 0.1) is 26.4 Å². The van der Waals surface area contributed by atoms with Crippen LogP contribution in [0.1, 0.15) is 32.4 Å². The van der Waals surface area contributed by atoms with Gasteiger partial charge in [-0.3, -0.25) is 0 Å². The van der Waals surface area contributed by atoms with Crippen molar-refractivity contribution in [2.45, 2.75) is 34.1 Å². The van der Waals surface area contributed by atoms with E-state index < -0.39 is 0 Å². The van der Waals surface area contributed by atoms with Crippen LogP contribution in [0.25, 0.3) is 11.1 Å². The second-order valence-corrected chi connectivity index (χ2v) is 8.28. The van der Waals surface area contributed by atoms with Gasteiger partial charge in [-0.15, -0.1) is 0 Å². The van der Waals surface area contributed by atoms with Gasteiger partial charge in [0, 0.05) is 0 Å². The fraction of sp³-hybridized carbons (Fsp3) is 0.314. The van der Waals surface area contributed by atoms with Gasteiger partial charge in [-0.2, -0.15) is 0 Å². The third-order valence-electron chi connectivity index (χ3n) is 5.47. The maximum absolute atomic E-state index is 4.72. The highest BCUT2D eigenvalue weighted by Gasteiger charge is 1.98. The maximum Gasteiger partial charge on any atom is 0.146 e. The summed E-state index contributed by atoms with van der Waals surface area (Å²) in [6.45, 7) is 8.48. The predicted octanol–water partition coefficient (Wildman–Crippen LogP) is 8.47. The highest BCUT2D eigenvalue weighted by molar-refractivity contribution is 5.63. The van der Waals surface area contributed by atoms with Crippen LogP contribution in [0.2, 0.25) is 0 Å². The highest BCUT2D eigenvalue weighted by atomic mass is 16.7. The van der Waals surface area contributed by atoms with E-state index in [2.05, 4.69) is 62.4 Å². The Bertz CT molecular complexity index is 856. The molecule has 0 amide bonds. The lowest BCUT2D eigenvalue weighted by Gasteiger charge is -2.04. The summed E-state index contributed by atoms with van der Waals surface area (Å²) >= 11 is 0. The van der Waals surface area contributed by atoms with Gasteiger partial charge in [0.25, 0.3) is 0 Å². The molecule has 0 N–H and O–H groups in total. The minimum atomic E-state index is 0. The molecule has 6 rings (SSSR count). The summed E-state index contributed by atoms with van der Waals surface area (Å²) < 4.78 is 18.9. The van der Waals surface area contributed by atoms with Gasteiger partial charge in [-0.25, -0.2) is 0 Å². The van der Waals surface area contributed by atoms with E-state index in [4.69, 9.17) is 18.9 Å². The molecule has 39 heavy (non-hydrogen) atoms. The molecule has 2 aliphatic heterocycles. The van der Waals surface area contributed by atoms with Crippen LogP contribution in [0, 0.1) is 0 Å². The largest absolute Gasteiger partial charge is 0.353 e. The van der Waals surface area contributed by atoms with Crippen molar-refractivity contribution in [3.05, 3.63) is 132 Å². The third kappa shape index (κ3) is 17.0. The van der Waals surface area contributed by atoms with Crippen LogP contribution >= 0.6 is 0 Å². The Balaban J connectivity index is 0.000000272. The third-order valence-corrected chi connectivity index (χ3v) is 5.47. The number of hydrogen-bond acceptors (Lipinski definition) is 4. The Kier molecular flexibility index (Phi) is 20.6. The van der Waals surface area contributed by atoms with E-state index in [1.807, 2.05) is 72.8 Å². The molecule has 0 atom stereocenters. The minimum Gasteiger partial charge on any atom is -0.353 e. The van der Waals surface area contributed by atoms with E-state index in [1.165, 1.54) is 22.3 Å². The monoisotopic (exact) mass is 530 g/mol. The lowest BCUT2D eigenvalue weighted by Crippen LogP contribution is -1.83. The molecule has 2 fully saturated rings. The number of ether oxygens (including phenoxy) is 4. The molecule has 0 spiro atoms. The summed E-state index contributed by atoms with van der Waals surface area (Å²) in [5, 5.41) is 0. The molecular formula is C35H46O4. The molecule has 0 aliphatic carbocycles. The minimum absolute atomic E-state index is 0. The molecule has 4 aromatic rings. The average Bonchev–Trinajstić information content (AvgIpc) is 3.80. The number of aryl methyl sites for hydroxylation is 2. The van der Waals surface area contributed by atoms with Gasteiger partial charge in [-0.1, -0.05) is 143 Å². The normalized spacial score (nSPS) is 12.9. The molecule has 0 aromatic heterocycles. The number of hydrogen-bond donors (Lipinski definition) is 0. The van der Waals surface area contributed by atoms with E-state index in [1.54, 1.807) is 0 Å². The fourth-order valence-electron chi connectivity index (χ4n) is 3.22. The standard InChI is InChI=1S/C16H18.2C6H6.2C3H6O2.CH4/c1-3-13-5-9-15(10-6-13)16-11-7-14(4-2)8-12-16;2*1-2-4-6-5-3-1;2*1-2-5-3-4-1;/h5-12H,3-4H2,1-2H3;2*1-6H;2*1-3H2;1H4. The lowest BCUT2D eigenvalue weighted by molar-refractivity contribution is 0.0690. The molecule has 210 valence electrons. The molecule has 4 aromatic carbocycles. The van der Waals surface area contributed by atoms with Crippen LogP contribution in [0.4, 0.5) is 0 Å². The summed E-state index contributed by atoms with van der Waals surface area (Å²) in [4.78, 5) is 0. The van der Waals surface area contributed by atoms with Gasteiger partial charge < -0.3 is 18.9 Å². The zero-order valence-corrected chi connectivity index (χ0v) is 22.8. The molecule has 2 saturated heterocycles.